The molecule has 2 aliphatic rings. The molecule has 0 bridgehead atoms. The monoisotopic (exact) mass is 382 g/mol. The zero-order valence-electron chi connectivity index (χ0n) is 13.3. The van der Waals surface area contributed by atoms with Gasteiger partial charge < -0.3 is 4.42 Å². The fraction of sp³-hybridized carbons (Fsp3) is 0.438. The number of imide groups is 1. The van der Waals surface area contributed by atoms with Crippen LogP contribution >= 0.6 is 23.5 Å². The maximum Gasteiger partial charge on any atom is 0.420 e. The Bertz CT molecular complexity index is 934. The van der Waals surface area contributed by atoms with E-state index in [0.29, 0.717) is 15.7 Å². The summed E-state index contributed by atoms with van der Waals surface area (Å²) < 4.78 is 21.2. The van der Waals surface area contributed by atoms with E-state index in [0.717, 1.165) is 10.3 Å². The zero-order chi connectivity index (χ0) is 17.7. The van der Waals surface area contributed by atoms with E-state index in [-0.39, 0.29) is 29.5 Å². The lowest BCUT2D eigenvalue weighted by Gasteiger charge is -2.21. The largest absolute Gasteiger partial charge is 0.420 e. The standard InChI is InChI=1S/C16H15FN2O4S2/c1-7(25-13-6-24-13)9-4-8(17)5-11-14(9)23-16(22)19(11)10-2-3-12(20)18-15(10)21/h4-5,7,10,13H,2-3,6H2,1H3,(H,18,20,21). The number of halogens is 1. The molecule has 9 heteroatoms. The Morgan fingerprint density at radius 3 is 2.84 bits per heavy atom. The maximum absolute atomic E-state index is 14.2. The number of fused-ring (bicyclic) bond motifs is 1. The predicted octanol–water partition coefficient (Wildman–Crippen LogP) is 2.58. The highest BCUT2D eigenvalue weighted by atomic mass is 32.2. The van der Waals surface area contributed by atoms with E-state index in [9.17, 15) is 18.8 Å². The van der Waals surface area contributed by atoms with E-state index in [2.05, 4.69) is 5.32 Å². The van der Waals surface area contributed by atoms with Gasteiger partial charge in [0, 0.05) is 29.1 Å². The van der Waals surface area contributed by atoms with Crippen LogP contribution < -0.4 is 11.1 Å². The molecule has 6 nitrogen and oxygen atoms in total. The number of hydrogen-bond donors (Lipinski definition) is 1. The third-order valence-electron chi connectivity index (χ3n) is 4.33. The summed E-state index contributed by atoms with van der Waals surface area (Å²) in [7, 11) is 0. The molecule has 0 radical (unpaired) electrons. The summed E-state index contributed by atoms with van der Waals surface area (Å²) in [4.78, 5) is 35.8. The summed E-state index contributed by atoms with van der Waals surface area (Å²) in [6.45, 7) is 1.95. The number of nitrogens with one attached hydrogen (secondary N) is 1. The first kappa shape index (κ1) is 16.7. The van der Waals surface area contributed by atoms with Crippen LogP contribution in [0.5, 0.6) is 0 Å². The Morgan fingerprint density at radius 1 is 1.40 bits per heavy atom. The fourth-order valence-electron chi connectivity index (χ4n) is 3.07. The minimum atomic E-state index is -0.872. The Morgan fingerprint density at radius 2 is 2.16 bits per heavy atom. The molecule has 0 spiro atoms. The van der Waals surface area contributed by atoms with E-state index in [4.69, 9.17) is 4.42 Å². The number of nitrogens with zero attached hydrogens (tertiary/aromatic N) is 1. The second-order valence-corrected chi connectivity index (χ2v) is 9.17. The van der Waals surface area contributed by atoms with Gasteiger partial charge in [-0.2, -0.15) is 0 Å². The van der Waals surface area contributed by atoms with Crippen molar-refractivity contribution in [3.8, 4) is 0 Å². The predicted molar refractivity (Wildman–Crippen MR) is 94.1 cm³/mol. The van der Waals surface area contributed by atoms with Crippen LogP contribution in [0, 0.1) is 5.82 Å². The van der Waals surface area contributed by atoms with Crippen LogP contribution in [-0.4, -0.2) is 26.7 Å². The van der Waals surface area contributed by atoms with Crippen LogP contribution in [0.25, 0.3) is 11.1 Å². The van der Waals surface area contributed by atoms with Crippen LogP contribution in [0.3, 0.4) is 0 Å². The smallest absolute Gasteiger partial charge is 0.407 e. The van der Waals surface area contributed by atoms with Gasteiger partial charge in [0.05, 0.1) is 10.1 Å². The Kier molecular flexibility index (Phi) is 4.15. The molecule has 2 aliphatic heterocycles. The molecule has 2 amide bonds. The van der Waals surface area contributed by atoms with Gasteiger partial charge in [0.15, 0.2) is 5.58 Å². The number of carbonyl (C=O) groups is 2. The molecular formula is C16H15FN2O4S2. The molecule has 4 rings (SSSR count). The van der Waals surface area contributed by atoms with E-state index >= 15 is 0 Å². The molecule has 1 aromatic carbocycles. The van der Waals surface area contributed by atoms with Crippen LogP contribution in [0.4, 0.5) is 4.39 Å². The van der Waals surface area contributed by atoms with Crippen molar-refractivity contribution in [1.29, 1.82) is 0 Å². The molecule has 1 aromatic heterocycles. The van der Waals surface area contributed by atoms with E-state index in [1.165, 1.54) is 12.1 Å². The van der Waals surface area contributed by atoms with Crippen molar-refractivity contribution in [2.75, 3.05) is 5.75 Å². The Balaban J connectivity index is 1.82. The van der Waals surface area contributed by atoms with Gasteiger partial charge in [0.2, 0.25) is 11.8 Å². The minimum Gasteiger partial charge on any atom is -0.407 e. The summed E-state index contributed by atoms with van der Waals surface area (Å²) >= 11 is 3.51. The molecule has 0 saturated carbocycles. The molecule has 3 heterocycles. The summed E-state index contributed by atoms with van der Waals surface area (Å²) in [5.74, 6) is -1.08. The number of aromatic nitrogens is 1. The van der Waals surface area contributed by atoms with Crippen molar-refractivity contribution in [2.45, 2.75) is 35.6 Å². The Hall–Kier alpha value is -1.74. The first-order valence-corrected chi connectivity index (χ1v) is 9.88. The van der Waals surface area contributed by atoms with Gasteiger partial charge in [0.1, 0.15) is 11.9 Å². The average Bonchev–Trinajstić information content (AvgIpc) is 3.29. The normalized spacial score (nSPS) is 24.4. The highest BCUT2D eigenvalue weighted by molar-refractivity contribution is 8.23. The van der Waals surface area contributed by atoms with E-state index in [1.54, 1.807) is 11.8 Å². The van der Waals surface area contributed by atoms with Crippen molar-refractivity contribution < 1.29 is 18.4 Å². The van der Waals surface area contributed by atoms with Gasteiger partial charge in [-0.1, -0.05) is 0 Å². The summed E-state index contributed by atoms with van der Waals surface area (Å²) in [5, 5.41) is 2.17. The molecule has 1 N–H and O–H groups in total. The van der Waals surface area contributed by atoms with Crippen LogP contribution in [0.1, 0.15) is 36.6 Å². The van der Waals surface area contributed by atoms with Crippen molar-refractivity contribution >= 4 is 46.4 Å². The van der Waals surface area contributed by atoms with Crippen LogP contribution in [0.15, 0.2) is 21.3 Å². The highest BCUT2D eigenvalue weighted by Gasteiger charge is 2.33. The van der Waals surface area contributed by atoms with Crippen molar-refractivity contribution in [3.05, 3.63) is 34.1 Å². The second-order valence-electron chi connectivity index (χ2n) is 6.09. The first-order valence-electron chi connectivity index (χ1n) is 7.89. The van der Waals surface area contributed by atoms with Gasteiger partial charge in [-0.05, 0) is 19.4 Å². The second kappa shape index (κ2) is 6.21. The van der Waals surface area contributed by atoms with Crippen LogP contribution in [-0.2, 0) is 9.59 Å². The van der Waals surface area contributed by atoms with Crippen molar-refractivity contribution in [2.24, 2.45) is 0 Å². The van der Waals surface area contributed by atoms with E-state index < -0.39 is 23.5 Å². The fourth-order valence-corrected chi connectivity index (χ4v) is 5.29. The number of amides is 2. The third-order valence-corrected chi connectivity index (χ3v) is 7.05. The van der Waals surface area contributed by atoms with Gasteiger partial charge in [0.25, 0.3) is 0 Å². The number of thioether (sulfide) groups is 2. The molecular weight excluding hydrogens is 367 g/mol. The summed E-state index contributed by atoms with van der Waals surface area (Å²) in [6, 6.07) is 1.71. The molecule has 2 fully saturated rings. The topological polar surface area (TPSA) is 81.3 Å². The number of carbonyl (C=O) groups excluding carboxylic acids is 2. The molecule has 3 unspecified atom stereocenters. The lowest BCUT2D eigenvalue weighted by molar-refractivity contribution is -0.135. The average molecular weight is 382 g/mol. The molecule has 0 aliphatic carbocycles. The van der Waals surface area contributed by atoms with Gasteiger partial charge in [-0.25, -0.2) is 9.18 Å². The minimum absolute atomic E-state index is 0.0426. The third kappa shape index (κ3) is 3.10. The van der Waals surface area contributed by atoms with Gasteiger partial charge in [-0.15, -0.1) is 23.5 Å². The molecule has 25 heavy (non-hydrogen) atoms. The number of hydrogen-bond acceptors (Lipinski definition) is 6. The highest BCUT2D eigenvalue weighted by Crippen LogP contribution is 2.48. The summed E-state index contributed by atoms with van der Waals surface area (Å²) in [5.41, 5.74) is 1.17. The SMILES string of the molecule is CC(SC1CS1)c1cc(F)cc2c1oc(=O)n2C1CCC(=O)NC1=O. The quantitative estimate of drug-likeness (QED) is 0.647. The molecule has 2 aromatic rings. The first-order chi connectivity index (χ1) is 11.9. The lowest BCUT2D eigenvalue weighted by Crippen LogP contribution is -2.43. The number of piperidine rings is 1. The van der Waals surface area contributed by atoms with E-state index in [1.807, 2.05) is 18.7 Å². The van der Waals surface area contributed by atoms with Crippen molar-refractivity contribution in [1.82, 2.24) is 9.88 Å². The molecule has 132 valence electrons. The summed E-state index contributed by atoms with van der Waals surface area (Å²) in [6.07, 6.45) is 0.316. The van der Waals surface area contributed by atoms with Crippen molar-refractivity contribution in [3.63, 3.8) is 0 Å². The molecule has 3 atom stereocenters. The molecule has 2 saturated heterocycles. The van der Waals surface area contributed by atoms with Crippen LogP contribution in [0.2, 0.25) is 0 Å². The maximum atomic E-state index is 14.2. The Labute approximate surface area is 150 Å². The van der Waals surface area contributed by atoms with Gasteiger partial charge in [-0.3, -0.25) is 19.5 Å². The number of benzene rings is 1. The number of oxazole rings is 1. The number of rotatable bonds is 4. The zero-order valence-corrected chi connectivity index (χ0v) is 14.9. The lowest BCUT2D eigenvalue weighted by atomic mass is 10.1. The van der Waals surface area contributed by atoms with Gasteiger partial charge >= 0.3 is 5.76 Å².